The van der Waals surface area contributed by atoms with Crippen molar-refractivity contribution in [1.29, 1.82) is 0 Å². The number of benzene rings is 1. The fourth-order valence-corrected chi connectivity index (χ4v) is 3.07. The molecular formula is C20H19ClFN3O2. The molecule has 1 aliphatic carbocycles. The second kappa shape index (κ2) is 6.85. The van der Waals surface area contributed by atoms with Gasteiger partial charge in [0, 0.05) is 28.1 Å². The van der Waals surface area contributed by atoms with Crippen molar-refractivity contribution in [2.24, 2.45) is 5.41 Å². The molecular weight excluding hydrogens is 369 g/mol. The Kier molecular flexibility index (Phi) is 4.52. The van der Waals surface area contributed by atoms with Crippen molar-refractivity contribution < 1.29 is 13.9 Å². The minimum atomic E-state index is -0.389. The lowest BCUT2D eigenvalue weighted by Crippen LogP contribution is -2.29. The number of carbonyl (C=O) groups is 1. The van der Waals surface area contributed by atoms with Crippen LogP contribution < -0.4 is 10.1 Å². The van der Waals surface area contributed by atoms with Crippen molar-refractivity contribution in [3.05, 3.63) is 58.8 Å². The Morgan fingerprint density at radius 2 is 2.19 bits per heavy atom. The van der Waals surface area contributed by atoms with Gasteiger partial charge in [0.15, 0.2) is 0 Å². The molecule has 140 valence electrons. The molecule has 0 aliphatic heterocycles. The Balaban J connectivity index is 1.45. The standard InChI is InChI=1S/C20H19ClFN3O2/c1-20(4-5-20)19(26)24-10-15-6-12-7-16(21)18(8-17(12)25-15)27-11-14-3-2-13(22)9-23-14/h2-3,6-9,25H,4-5,10-11H2,1H3,(H,24,26). The summed E-state index contributed by atoms with van der Waals surface area (Å²) >= 11 is 6.31. The molecule has 0 bridgehead atoms. The highest BCUT2D eigenvalue weighted by molar-refractivity contribution is 6.32. The van der Waals surface area contributed by atoms with Crippen molar-refractivity contribution in [3.8, 4) is 5.75 Å². The molecule has 2 N–H and O–H groups in total. The third-order valence-electron chi connectivity index (χ3n) is 4.88. The first-order chi connectivity index (χ1) is 12.9. The summed E-state index contributed by atoms with van der Waals surface area (Å²) in [7, 11) is 0. The number of aromatic nitrogens is 2. The summed E-state index contributed by atoms with van der Waals surface area (Å²) in [5.41, 5.74) is 2.18. The maximum absolute atomic E-state index is 12.9. The molecule has 7 heteroatoms. The van der Waals surface area contributed by atoms with Crippen molar-refractivity contribution >= 4 is 28.4 Å². The average molecular weight is 388 g/mol. The maximum atomic E-state index is 12.9. The smallest absolute Gasteiger partial charge is 0.226 e. The fourth-order valence-electron chi connectivity index (χ4n) is 2.85. The van der Waals surface area contributed by atoms with Crippen LogP contribution in [0, 0.1) is 11.2 Å². The van der Waals surface area contributed by atoms with Crippen LogP contribution in [0.1, 0.15) is 31.2 Å². The third kappa shape index (κ3) is 3.90. The van der Waals surface area contributed by atoms with E-state index >= 15 is 0 Å². The SMILES string of the molecule is CC1(C(=O)NCc2cc3cc(Cl)c(OCc4ccc(F)cn4)cc3[nH]2)CC1. The van der Waals surface area contributed by atoms with E-state index in [1.54, 1.807) is 6.07 Å². The molecule has 0 atom stereocenters. The topological polar surface area (TPSA) is 67.0 Å². The Bertz CT molecular complexity index is 996. The highest BCUT2D eigenvalue weighted by atomic mass is 35.5. The van der Waals surface area contributed by atoms with Crippen LogP contribution >= 0.6 is 11.6 Å². The summed E-state index contributed by atoms with van der Waals surface area (Å²) in [6.45, 7) is 2.61. The second-order valence-corrected chi connectivity index (χ2v) is 7.57. The first-order valence-corrected chi connectivity index (χ1v) is 9.13. The van der Waals surface area contributed by atoms with Crippen LogP contribution in [0.4, 0.5) is 4.39 Å². The molecule has 0 saturated heterocycles. The summed E-state index contributed by atoms with van der Waals surface area (Å²) in [6, 6.07) is 8.49. The van der Waals surface area contributed by atoms with Crippen LogP contribution in [0.3, 0.4) is 0 Å². The molecule has 27 heavy (non-hydrogen) atoms. The van der Waals surface area contributed by atoms with E-state index in [1.165, 1.54) is 6.07 Å². The molecule has 2 aromatic heterocycles. The number of hydrogen-bond donors (Lipinski definition) is 2. The van der Waals surface area contributed by atoms with Crippen LogP contribution in [0.25, 0.3) is 10.9 Å². The van der Waals surface area contributed by atoms with Gasteiger partial charge in [-0.15, -0.1) is 0 Å². The summed E-state index contributed by atoms with van der Waals surface area (Å²) in [5, 5.41) is 4.39. The van der Waals surface area contributed by atoms with Gasteiger partial charge in [0.25, 0.3) is 0 Å². The van der Waals surface area contributed by atoms with Crippen LogP contribution in [-0.2, 0) is 17.9 Å². The molecule has 0 radical (unpaired) electrons. The fraction of sp³-hybridized carbons (Fsp3) is 0.300. The zero-order valence-corrected chi connectivity index (χ0v) is 15.6. The van der Waals surface area contributed by atoms with E-state index < -0.39 is 0 Å². The van der Waals surface area contributed by atoms with Gasteiger partial charge in [-0.25, -0.2) is 4.39 Å². The van der Waals surface area contributed by atoms with Crippen molar-refractivity contribution in [2.75, 3.05) is 0 Å². The molecule has 5 nitrogen and oxygen atoms in total. The summed E-state index contributed by atoms with van der Waals surface area (Å²) in [5.74, 6) is 0.216. The molecule has 3 aromatic rings. The van der Waals surface area contributed by atoms with Gasteiger partial charge >= 0.3 is 0 Å². The molecule has 0 unspecified atom stereocenters. The van der Waals surface area contributed by atoms with E-state index in [0.717, 1.165) is 35.6 Å². The van der Waals surface area contributed by atoms with Crippen molar-refractivity contribution in [1.82, 2.24) is 15.3 Å². The number of halogens is 2. The van der Waals surface area contributed by atoms with Crippen LogP contribution in [-0.4, -0.2) is 15.9 Å². The third-order valence-corrected chi connectivity index (χ3v) is 5.18. The van der Waals surface area contributed by atoms with Gasteiger partial charge in [-0.3, -0.25) is 9.78 Å². The van der Waals surface area contributed by atoms with E-state index in [9.17, 15) is 9.18 Å². The van der Waals surface area contributed by atoms with Crippen LogP contribution in [0.2, 0.25) is 5.02 Å². The van der Waals surface area contributed by atoms with Crippen LogP contribution in [0.5, 0.6) is 5.75 Å². The lowest BCUT2D eigenvalue weighted by molar-refractivity contribution is -0.125. The summed E-state index contributed by atoms with van der Waals surface area (Å²) in [4.78, 5) is 19.3. The molecule has 2 heterocycles. The molecule has 1 amide bonds. The number of pyridine rings is 1. The maximum Gasteiger partial charge on any atom is 0.226 e. The first-order valence-electron chi connectivity index (χ1n) is 8.76. The summed E-state index contributed by atoms with van der Waals surface area (Å²) < 4.78 is 18.6. The number of nitrogens with zero attached hydrogens (tertiary/aromatic N) is 1. The van der Waals surface area contributed by atoms with Crippen LogP contribution in [0.15, 0.2) is 36.5 Å². The molecule has 1 saturated carbocycles. The lowest BCUT2D eigenvalue weighted by atomic mass is 10.1. The van der Waals surface area contributed by atoms with Gasteiger partial charge in [-0.2, -0.15) is 0 Å². The number of ether oxygens (including phenoxy) is 1. The number of hydrogen-bond acceptors (Lipinski definition) is 3. The highest BCUT2D eigenvalue weighted by Gasteiger charge is 2.44. The van der Waals surface area contributed by atoms with E-state index in [0.29, 0.717) is 23.0 Å². The van der Waals surface area contributed by atoms with E-state index in [1.807, 2.05) is 25.1 Å². The van der Waals surface area contributed by atoms with E-state index in [4.69, 9.17) is 16.3 Å². The Hall–Kier alpha value is -2.60. The Morgan fingerprint density at radius 3 is 2.89 bits per heavy atom. The lowest BCUT2D eigenvalue weighted by Gasteiger charge is -2.08. The van der Waals surface area contributed by atoms with Gasteiger partial charge in [0.1, 0.15) is 18.2 Å². The van der Waals surface area contributed by atoms with Gasteiger partial charge in [0.05, 0.1) is 23.5 Å². The molecule has 1 aromatic carbocycles. The summed E-state index contributed by atoms with van der Waals surface area (Å²) in [6.07, 6.45) is 3.05. The number of rotatable bonds is 6. The molecule has 4 rings (SSSR count). The minimum Gasteiger partial charge on any atom is -0.486 e. The van der Waals surface area contributed by atoms with E-state index in [-0.39, 0.29) is 23.7 Å². The monoisotopic (exact) mass is 387 g/mol. The number of aromatic amines is 1. The Morgan fingerprint density at radius 1 is 1.37 bits per heavy atom. The average Bonchev–Trinajstić information content (AvgIpc) is 3.28. The zero-order chi connectivity index (χ0) is 19.0. The largest absolute Gasteiger partial charge is 0.486 e. The minimum absolute atomic E-state index is 0.0926. The van der Waals surface area contributed by atoms with Crippen molar-refractivity contribution in [3.63, 3.8) is 0 Å². The number of carbonyl (C=O) groups excluding carboxylic acids is 1. The quantitative estimate of drug-likeness (QED) is 0.660. The normalized spacial score (nSPS) is 14.9. The zero-order valence-electron chi connectivity index (χ0n) is 14.8. The predicted molar refractivity (Wildman–Crippen MR) is 101 cm³/mol. The molecule has 1 aliphatic rings. The number of H-pyrrole nitrogens is 1. The highest BCUT2D eigenvalue weighted by Crippen LogP contribution is 2.45. The van der Waals surface area contributed by atoms with Gasteiger partial charge in [-0.1, -0.05) is 18.5 Å². The predicted octanol–water partition coefficient (Wildman–Crippen LogP) is 4.35. The Labute approximate surface area is 160 Å². The molecule has 1 fully saturated rings. The van der Waals surface area contributed by atoms with Crippen molar-refractivity contribution in [2.45, 2.75) is 32.9 Å². The number of fused-ring (bicyclic) bond motifs is 1. The first kappa shape index (κ1) is 17.8. The second-order valence-electron chi connectivity index (χ2n) is 7.16. The van der Waals surface area contributed by atoms with Gasteiger partial charge in [0.2, 0.25) is 5.91 Å². The van der Waals surface area contributed by atoms with E-state index in [2.05, 4.69) is 15.3 Å². The number of nitrogens with one attached hydrogen (secondary N) is 2. The number of amides is 1. The molecule has 0 spiro atoms. The van der Waals surface area contributed by atoms with Gasteiger partial charge < -0.3 is 15.0 Å². The van der Waals surface area contributed by atoms with Gasteiger partial charge in [-0.05, 0) is 37.1 Å².